The first-order valence-corrected chi connectivity index (χ1v) is 31.7. The quantitative estimate of drug-likeness (QED) is 0.114. The molecule has 0 N–H and O–H groups in total. The molecular weight excluding hydrogens is 1040 g/mol. The van der Waals surface area contributed by atoms with Crippen LogP contribution in [0.1, 0.15) is 108 Å². The molecule has 0 nitrogen and oxygen atoms in total. The molecule has 0 radical (unpaired) electrons. The molecule has 0 saturated heterocycles. The van der Waals surface area contributed by atoms with Gasteiger partial charge in [0.25, 0.3) is 0 Å². The highest BCUT2D eigenvalue weighted by atomic mass is 14.1. The van der Waals surface area contributed by atoms with Gasteiger partial charge in [0.2, 0.25) is 0 Å². The molecule has 0 bridgehead atoms. The fourth-order valence-corrected chi connectivity index (χ4v) is 9.91. The second-order valence-corrected chi connectivity index (χ2v) is 25.6. The zero-order valence-corrected chi connectivity index (χ0v) is 54.5. The van der Waals surface area contributed by atoms with Crippen LogP contribution in [-0.2, 0) is 0 Å². The largest absolute Gasteiger partial charge is 0.0630 e. The highest BCUT2D eigenvalue weighted by molar-refractivity contribution is 6.23. The molecule has 0 aliphatic heterocycles. The topological polar surface area (TPSA) is 0 Å². The summed E-state index contributed by atoms with van der Waals surface area (Å²) >= 11 is 0. The lowest BCUT2D eigenvalue weighted by atomic mass is 9.95. The molecule has 0 saturated carbocycles. The van der Waals surface area contributed by atoms with Crippen LogP contribution in [0, 0.1) is 23.7 Å². The van der Waals surface area contributed by atoms with Crippen LogP contribution in [0.4, 0.5) is 0 Å². The predicted molar refractivity (Wildman–Crippen MR) is 395 cm³/mol. The maximum Gasteiger partial charge on any atom is -0.00268 e. The van der Waals surface area contributed by atoms with Crippen LogP contribution in [0.3, 0.4) is 0 Å². The van der Waals surface area contributed by atoms with E-state index in [1.165, 1.54) is 113 Å². The summed E-state index contributed by atoms with van der Waals surface area (Å²) in [5, 5.41) is 26.4. The minimum Gasteiger partial charge on any atom is -0.0630 e. The summed E-state index contributed by atoms with van der Waals surface area (Å²) in [5.74, 6) is 3.99. The Kier molecular flexibility index (Phi) is 25.0. The second kappa shape index (κ2) is 33.2. The molecule has 0 heteroatoms. The predicted octanol–water partition coefficient (Wildman–Crippen LogP) is 27.2. The van der Waals surface area contributed by atoms with Crippen molar-refractivity contribution in [1.82, 2.24) is 0 Å². The highest BCUT2D eigenvalue weighted by Gasteiger charge is 2.07. The number of hydrogen-bond acceptors (Lipinski definition) is 0. The first-order chi connectivity index (χ1) is 41.9. The lowest BCUT2D eigenvalue weighted by Gasteiger charge is -2.09. The third-order valence-corrected chi connectivity index (χ3v) is 13.7. The first-order valence-electron chi connectivity index (χ1n) is 31.7. The summed E-state index contributed by atoms with van der Waals surface area (Å²) < 4.78 is 0. The fraction of sp³-hybridized carbons (Fsp3) is 0.218. The van der Waals surface area contributed by atoms with E-state index < -0.39 is 0 Å². The van der Waals surface area contributed by atoms with E-state index in [-0.39, 0.29) is 0 Å². The standard InChI is InChI=1S/C22H14.C16H10.C14H10.C10H8.C9H12.4C4H10/c1-2-6-16-10-20-14-22-12-18-8-4-3-7-17(18)11-21(22)13-19(20)9-15(16)5-1;1-3-11-7-9-13-5-2-6-14-10-8-12(4-1)15(11)16(13)14;1-2-6-12-10-14-8-4-3-7-13(14)9-11(12)5-1;1-2-6-10-8-4-3-7-9(10)5-1;1-8(2)9-6-4-3-5-7-9;4*1-4(2)3/h1-14H;1-10H;1-10H;1-8H;3-8H,1-2H3;4*4H,1-3H3. The van der Waals surface area contributed by atoms with Crippen molar-refractivity contribution >= 4 is 108 Å². The van der Waals surface area contributed by atoms with E-state index in [0.29, 0.717) is 5.92 Å². The van der Waals surface area contributed by atoms with Gasteiger partial charge in [-0.25, -0.2) is 0 Å². The minimum absolute atomic E-state index is 0.659. The van der Waals surface area contributed by atoms with E-state index in [0.717, 1.165) is 23.7 Å². The van der Waals surface area contributed by atoms with Gasteiger partial charge in [0.15, 0.2) is 0 Å². The van der Waals surface area contributed by atoms with Crippen LogP contribution in [0.2, 0.25) is 0 Å². The molecular formula is C87H94. The van der Waals surface area contributed by atoms with Crippen molar-refractivity contribution in [3.8, 4) is 0 Å². The van der Waals surface area contributed by atoms with Gasteiger partial charge in [0.1, 0.15) is 0 Å². The molecule has 15 aromatic carbocycles. The summed E-state index contributed by atoms with van der Waals surface area (Å²) in [5.41, 5.74) is 1.41. The van der Waals surface area contributed by atoms with Gasteiger partial charge in [-0.3, -0.25) is 0 Å². The van der Waals surface area contributed by atoms with Gasteiger partial charge in [0, 0.05) is 0 Å². The molecule has 0 amide bonds. The molecule has 0 aliphatic rings. The molecule has 0 aromatic heterocycles. The molecule has 0 aliphatic carbocycles. The molecule has 87 heavy (non-hydrogen) atoms. The van der Waals surface area contributed by atoms with Crippen LogP contribution < -0.4 is 0 Å². The van der Waals surface area contributed by atoms with Gasteiger partial charge in [-0.05, 0) is 191 Å². The Morgan fingerprint density at radius 3 is 0.506 bits per heavy atom. The molecule has 0 fully saturated rings. The highest BCUT2D eigenvalue weighted by Crippen LogP contribution is 2.34. The summed E-state index contributed by atoms with van der Waals surface area (Å²) in [4.78, 5) is 0. The lowest BCUT2D eigenvalue weighted by molar-refractivity contribution is 0.736. The SMILES string of the molecule is CC(C)C.CC(C)C.CC(C)C.CC(C)C.CC(C)c1ccccc1.c1cc2ccc3cccc4ccc(c1)c2c34.c1ccc2cc3cc4cc5ccccc5cc4cc3cc2c1.c1ccc2cc3ccccc3cc2c1.c1ccc2ccccc2c1. The molecule has 0 heterocycles. The number of benzene rings is 15. The summed E-state index contributed by atoms with van der Waals surface area (Å²) in [6, 6.07) is 101. The summed E-state index contributed by atoms with van der Waals surface area (Å²) in [6.45, 7) is 30.4. The zero-order valence-electron chi connectivity index (χ0n) is 54.5. The van der Waals surface area contributed by atoms with Crippen molar-refractivity contribution in [2.75, 3.05) is 0 Å². The van der Waals surface area contributed by atoms with Crippen molar-refractivity contribution in [2.45, 2.75) is 103 Å². The van der Waals surface area contributed by atoms with Crippen molar-refractivity contribution in [2.24, 2.45) is 23.7 Å². The van der Waals surface area contributed by atoms with Gasteiger partial charge >= 0.3 is 0 Å². The van der Waals surface area contributed by atoms with Crippen LogP contribution in [0.25, 0.3) is 108 Å². The minimum atomic E-state index is 0.659. The second-order valence-electron chi connectivity index (χ2n) is 25.6. The van der Waals surface area contributed by atoms with Gasteiger partial charge < -0.3 is 0 Å². The third-order valence-electron chi connectivity index (χ3n) is 13.7. The molecule has 0 spiro atoms. The molecule has 0 atom stereocenters. The van der Waals surface area contributed by atoms with Crippen molar-refractivity contribution in [1.29, 1.82) is 0 Å². The van der Waals surface area contributed by atoms with Gasteiger partial charge in [-0.15, -0.1) is 0 Å². The Labute approximate surface area is 521 Å². The molecule has 15 rings (SSSR count). The maximum atomic E-state index is 2.31. The van der Waals surface area contributed by atoms with E-state index in [4.69, 9.17) is 0 Å². The van der Waals surface area contributed by atoms with Crippen molar-refractivity contribution in [3.63, 3.8) is 0 Å². The normalized spacial score (nSPS) is 10.7. The smallest absolute Gasteiger partial charge is 0.00268 e. The van der Waals surface area contributed by atoms with Gasteiger partial charge in [-0.1, -0.05) is 334 Å². The Balaban J connectivity index is 0.000000150. The Morgan fingerprint density at radius 1 is 0.149 bits per heavy atom. The van der Waals surface area contributed by atoms with Crippen LogP contribution in [0.5, 0.6) is 0 Å². The van der Waals surface area contributed by atoms with Crippen LogP contribution >= 0.6 is 0 Å². The maximum absolute atomic E-state index is 2.31. The van der Waals surface area contributed by atoms with Crippen molar-refractivity contribution < 1.29 is 0 Å². The molecule has 0 unspecified atom stereocenters. The zero-order chi connectivity index (χ0) is 62.2. The van der Waals surface area contributed by atoms with E-state index in [2.05, 4.69) is 376 Å². The summed E-state index contributed by atoms with van der Waals surface area (Å²) in [6.07, 6.45) is 0. The lowest BCUT2D eigenvalue weighted by Crippen LogP contribution is -1.83. The summed E-state index contributed by atoms with van der Waals surface area (Å²) in [7, 11) is 0. The Bertz CT molecular complexity index is 3960. The van der Waals surface area contributed by atoms with Gasteiger partial charge in [-0.2, -0.15) is 0 Å². The van der Waals surface area contributed by atoms with Crippen molar-refractivity contribution in [3.05, 3.63) is 291 Å². The number of hydrogen-bond donors (Lipinski definition) is 0. The van der Waals surface area contributed by atoms with E-state index in [9.17, 15) is 0 Å². The Morgan fingerprint density at radius 2 is 0.310 bits per heavy atom. The molecule has 15 aromatic rings. The number of fused-ring (bicyclic) bond motifs is 7. The fourth-order valence-electron chi connectivity index (χ4n) is 9.91. The van der Waals surface area contributed by atoms with E-state index >= 15 is 0 Å². The Hall–Kier alpha value is -8.84. The monoisotopic (exact) mass is 1140 g/mol. The van der Waals surface area contributed by atoms with E-state index in [1.54, 1.807) is 0 Å². The molecule has 442 valence electrons. The van der Waals surface area contributed by atoms with Crippen LogP contribution in [-0.4, -0.2) is 0 Å². The first kappa shape index (κ1) is 65.7. The third kappa shape index (κ3) is 20.1. The number of rotatable bonds is 1. The van der Waals surface area contributed by atoms with Crippen LogP contribution in [0.15, 0.2) is 285 Å². The average Bonchev–Trinajstić information content (AvgIpc) is 0.867. The average molecular weight is 1140 g/mol. The van der Waals surface area contributed by atoms with E-state index in [1.807, 2.05) is 6.07 Å². The van der Waals surface area contributed by atoms with Gasteiger partial charge in [0.05, 0.1) is 0 Å².